The van der Waals surface area contributed by atoms with Crippen molar-refractivity contribution in [1.29, 1.82) is 0 Å². The fourth-order valence-corrected chi connectivity index (χ4v) is 3.85. The maximum Gasteiger partial charge on any atom is 0.241 e. The maximum atomic E-state index is 14.7. The van der Waals surface area contributed by atoms with E-state index in [-0.39, 0.29) is 34.2 Å². The Morgan fingerprint density at radius 3 is 2.43 bits per heavy atom. The van der Waals surface area contributed by atoms with Gasteiger partial charge in [0.25, 0.3) is 0 Å². The molecule has 0 aliphatic heterocycles. The van der Waals surface area contributed by atoms with Crippen LogP contribution in [-0.2, 0) is 10.0 Å². The van der Waals surface area contributed by atoms with Crippen LogP contribution in [0.2, 0.25) is 0 Å². The van der Waals surface area contributed by atoms with E-state index in [1.807, 2.05) is 0 Å². The minimum Gasteiger partial charge on any atom is -0.392 e. The SMILES string of the molecule is C[C@H](O)CNS(=O)(=O)c1ccccc1-c1cnc(-c2cnc(N)nc2)c(F)c1. The summed E-state index contributed by atoms with van der Waals surface area (Å²) >= 11 is 0. The Hall–Kier alpha value is -2.95. The molecule has 0 saturated carbocycles. The molecule has 8 nitrogen and oxygen atoms in total. The van der Waals surface area contributed by atoms with Crippen molar-refractivity contribution < 1.29 is 17.9 Å². The van der Waals surface area contributed by atoms with Crippen molar-refractivity contribution in [3.63, 3.8) is 0 Å². The van der Waals surface area contributed by atoms with Gasteiger partial charge in [0, 0.05) is 41.8 Å². The van der Waals surface area contributed by atoms with Crippen molar-refractivity contribution in [2.45, 2.75) is 17.9 Å². The lowest BCUT2D eigenvalue weighted by molar-refractivity contribution is 0.198. The number of nitrogens with one attached hydrogen (secondary N) is 1. The van der Waals surface area contributed by atoms with Crippen molar-refractivity contribution in [1.82, 2.24) is 19.7 Å². The summed E-state index contributed by atoms with van der Waals surface area (Å²) < 4.78 is 42.1. The molecule has 146 valence electrons. The van der Waals surface area contributed by atoms with E-state index in [1.54, 1.807) is 18.2 Å². The number of rotatable bonds is 6. The Labute approximate surface area is 161 Å². The molecule has 0 aliphatic carbocycles. The number of hydrogen-bond donors (Lipinski definition) is 3. The number of nitrogens with zero attached hydrogens (tertiary/aromatic N) is 3. The summed E-state index contributed by atoms with van der Waals surface area (Å²) in [4.78, 5) is 11.7. The number of aliphatic hydroxyl groups excluding tert-OH is 1. The highest BCUT2D eigenvalue weighted by Gasteiger charge is 2.20. The van der Waals surface area contributed by atoms with Crippen LogP contribution in [0.4, 0.5) is 10.3 Å². The molecule has 4 N–H and O–H groups in total. The summed E-state index contributed by atoms with van der Waals surface area (Å²) in [7, 11) is -3.91. The minimum atomic E-state index is -3.91. The van der Waals surface area contributed by atoms with Gasteiger partial charge in [-0.1, -0.05) is 18.2 Å². The molecule has 28 heavy (non-hydrogen) atoms. The number of pyridine rings is 1. The van der Waals surface area contributed by atoms with Crippen LogP contribution in [0.15, 0.2) is 53.8 Å². The Morgan fingerprint density at radius 2 is 1.79 bits per heavy atom. The van der Waals surface area contributed by atoms with E-state index >= 15 is 0 Å². The first kappa shape index (κ1) is 19.8. The zero-order valence-corrected chi connectivity index (χ0v) is 15.7. The van der Waals surface area contributed by atoms with Crippen molar-refractivity contribution in [2.24, 2.45) is 0 Å². The second-order valence-electron chi connectivity index (χ2n) is 6.08. The smallest absolute Gasteiger partial charge is 0.241 e. The molecule has 0 unspecified atom stereocenters. The Kier molecular flexibility index (Phi) is 5.63. The Balaban J connectivity index is 2.01. The summed E-state index contributed by atoms with van der Waals surface area (Å²) in [5, 5.41) is 9.34. The lowest BCUT2D eigenvalue weighted by Gasteiger charge is -2.13. The van der Waals surface area contributed by atoms with Crippen molar-refractivity contribution in [2.75, 3.05) is 12.3 Å². The predicted molar refractivity (Wildman–Crippen MR) is 102 cm³/mol. The topological polar surface area (TPSA) is 131 Å². The quantitative estimate of drug-likeness (QED) is 0.569. The van der Waals surface area contributed by atoms with Gasteiger partial charge >= 0.3 is 0 Å². The van der Waals surface area contributed by atoms with Gasteiger partial charge in [-0.05, 0) is 19.1 Å². The Bertz CT molecular complexity index is 1090. The zero-order valence-electron chi connectivity index (χ0n) is 14.9. The summed E-state index contributed by atoms with van der Waals surface area (Å²) in [6, 6.07) is 7.35. The maximum absolute atomic E-state index is 14.7. The molecular formula is C18H18FN5O3S. The highest BCUT2D eigenvalue weighted by atomic mass is 32.2. The van der Waals surface area contributed by atoms with Crippen molar-refractivity contribution in [3.8, 4) is 22.4 Å². The largest absolute Gasteiger partial charge is 0.392 e. The number of halogens is 1. The average molecular weight is 403 g/mol. The normalized spacial score (nSPS) is 12.7. The average Bonchev–Trinajstić information content (AvgIpc) is 2.67. The highest BCUT2D eigenvalue weighted by molar-refractivity contribution is 7.89. The molecule has 0 spiro atoms. The van der Waals surface area contributed by atoms with Crippen LogP contribution >= 0.6 is 0 Å². The fourth-order valence-electron chi connectivity index (χ4n) is 2.51. The predicted octanol–water partition coefficient (Wildman–Crippen LogP) is 1.59. The lowest BCUT2D eigenvalue weighted by Crippen LogP contribution is -2.31. The van der Waals surface area contributed by atoms with Gasteiger partial charge in [0.05, 0.1) is 11.0 Å². The van der Waals surface area contributed by atoms with Gasteiger partial charge in [-0.25, -0.2) is 27.5 Å². The molecular weight excluding hydrogens is 385 g/mol. The number of sulfonamides is 1. The number of aromatic nitrogens is 3. The van der Waals surface area contributed by atoms with E-state index in [0.717, 1.165) is 0 Å². The monoisotopic (exact) mass is 403 g/mol. The molecule has 0 radical (unpaired) electrons. The number of aliphatic hydroxyl groups is 1. The van der Waals surface area contributed by atoms with Gasteiger partial charge in [-0.3, -0.25) is 4.98 Å². The minimum absolute atomic E-state index is 0.0244. The van der Waals surface area contributed by atoms with E-state index in [4.69, 9.17) is 5.73 Å². The van der Waals surface area contributed by atoms with E-state index in [0.29, 0.717) is 5.56 Å². The first-order valence-corrected chi connectivity index (χ1v) is 9.77. The number of nitrogen functional groups attached to an aromatic ring is 1. The van der Waals surface area contributed by atoms with Crippen LogP contribution in [0, 0.1) is 5.82 Å². The molecule has 0 saturated heterocycles. The third-order valence-corrected chi connectivity index (χ3v) is 5.32. The molecule has 0 aliphatic rings. The molecule has 2 heterocycles. The number of anilines is 1. The number of nitrogens with two attached hydrogens (primary N) is 1. The summed E-state index contributed by atoms with van der Waals surface area (Å²) in [6.07, 6.45) is 3.23. The van der Waals surface area contributed by atoms with Crippen LogP contribution in [0.3, 0.4) is 0 Å². The molecule has 2 aromatic heterocycles. The summed E-state index contributed by atoms with van der Waals surface area (Å²) in [5.41, 5.74) is 6.37. The van der Waals surface area contributed by atoms with Gasteiger partial charge in [0.15, 0.2) is 0 Å². The zero-order chi connectivity index (χ0) is 20.3. The van der Waals surface area contributed by atoms with E-state index in [2.05, 4.69) is 19.7 Å². The highest BCUT2D eigenvalue weighted by Crippen LogP contribution is 2.29. The van der Waals surface area contributed by atoms with Gasteiger partial charge in [-0.2, -0.15) is 0 Å². The molecule has 0 amide bonds. The summed E-state index contributed by atoms with van der Waals surface area (Å²) in [5.74, 6) is -0.598. The molecule has 0 fully saturated rings. The second-order valence-corrected chi connectivity index (χ2v) is 7.82. The van der Waals surface area contributed by atoms with Crippen LogP contribution < -0.4 is 10.5 Å². The second kappa shape index (κ2) is 7.97. The van der Waals surface area contributed by atoms with Crippen molar-refractivity contribution >= 4 is 16.0 Å². The van der Waals surface area contributed by atoms with E-state index in [9.17, 15) is 17.9 Å². The third kappa shape index (κ3) is 4.30. The van der Waals surface area contributed by atoms with Crippen molar-refractivity contribution in [3.05, 3.63) is 54.7 Å². The van der Waals surface area contributed by atoms with Crippen LogP contribution in [0.5, 0.6) is 0 Å². The van der Waals surface area contributed by atoms with Gasteiger partial charge < -0.3 is 10.8 Å². The van der Waals surface area contributed by atoms with Gasteiger partial charge in [-0.15, -0.1) is 0 Å². The summed E-state index contributed by atoms with van der Waals surface area (Å²) in [6.45, 7) is 1.33. The standard InChI is InChI=1S/C18H18FN5O3S/c1-11(25)7-24-28(26,27)16-5-3-2-4-14(16)12-6-15(19)17(21-8-12)13-9-22-18(20)23-10-13/h2-6,8-11,24-25H,7H2,1H3,(H2,20,22,23)/t11-/m0/s1. The molecule has 0 bridgehead atoms. The third-order valence-electron chi connectivity index (χ3n) is 3.84. The molecule has 1 atom stereocenters. The van der Waals surface area contributed by atoms with Crippen LogP contribution in [-0.4, -0.2) is 41.1 Å². The molecule has 3 aromatic rings. The lowest BCUT2D eigenvalue weighted by atomic mass is 10.1. The molecule has 1 aromatic carbocycles. The van der Waals surface area contributed by atoms with Crippen LogP contribution in [0.25, 0.3) is 22.4 Å². The van der Waals surface area contributed by atoms with Crippen LogP contribution in [0.1, 0.15) is 6.92 Å². The van der Waals surface area contributed by atoms with Gasteiger partial charge in [0.1, 0.15) is 11.5 Å². The number of benzene rings is 1. The van der Waals surface area contributed by atoms with E-state index < -0.39 is 21.9 Å². The fraction of sp³-hybridized carbons (Fsp3) is 0.167. The molecule has 10 heteroatoms. The van der Waals surface area contributed by atoms with Gasteiger partial charge in [0.2, 0.25) is 16.0 Å². The Morgan fingerprint density at radius 1 is 1.14 bits per heavy atom. The molecule has 3 rings (SSSR count). The first-order valence-electron chi connectivity index (χ1n) is 8.28. The first-order chi connectivity index (χ1) is 13.3. The van der Waals surface area contributed by atoms with E-state index in [1.165, 1.54) is 37.6 Å². The number of hydrogen-bond acceptors (Lipinski definition) is 7.